The van der Waals surface area contributed by atoms with Crippen LogP contribution in [0.2, 0.25) is 0 Å². The third-order valence-corrected chi connectivity index (χ3v) is 4.32. The van der Waals surface area contributed by atoms with E-state index in [1.165, 1.54) is 11.1 Å². The first-order chi connectivity index (χ1) is 8.25. The molecule has 0 amide bonds. The van der Waals surface area contributed by atoms with E-state index in [0.29, 0.717) is 0 Å². The zero-order chi connectivity index (χ0) is 11.7. The Morgan fingerprint density at radius 3 is 2.88 bits per heavy atom. The molecule has 0 radical (unpaired) electrons. The summed E-state index contributed by atoms with van der Waals surface area (Å²) in [6, 6.07) is 8.65. The first-order valence-corrected chi connectivity index (χ1v) is 6.87. The van der Waals surface area contributed by atoms with Gasteiger partial charge in [-0.25, -0.2) is 4.98 Å². The van der Waals surface area contributed by atoms with Gasteiger partial charge in [0, 0.05) is 23.5 Å². The van der Waals surface area contributed by atoms with Crippen LogP contribution in [0.5, 0.6) is 0 Å². The van der Waals surface area contributed by atoms with Crippen molar-refractivity contribution in [1.29, 1.82) is 0 Å². The van der Waals surface area contributed by atoms with Crippen molar-refractivity contribution in [1.82, 2.24) is 4.98 Å². The first-order valence-electron chi connectivity index (χ1n) is 5.99. The maximum Gasteiger partial charge on any atom is 0.0943 e. The second-order valence-corrected chi connectivity index (χ2v) is 5.89. The molecule has 0 fully saturated rings. The molecule has 3 heteroatoms. The number of rotatable bonds is 2. The Kier molecular flexibility index (Phi) is 2.73. The second kappa shape index (κ2) is 4.24. The monoisotopic (exact) mass is 244 g/mol. The lowest BCUT2D eigenvalue weighted by atomic mass is 9.77. The van der Waals surface area contributed by atoms with Crippen molar-refractivity contribution in [2.45, 2.75) is 31.2 Å². The minimum atomic E-state index is -0.105. The van der Waals surface area contributed by atoms with Crippen LogP contribution in [0, 0.1) is 0 Å². The Morgan fingerprint density at radius 1 is 1.29 bits per heavy atom. The van der Waals surface area contributed by atoms with E-state index in [2.05, 4.69) is 29.2 Å². The number of thiazole rings is 1. The molecule has 88 valence electrons. The summed E-state index contributed by atoms with van der Waals surface area (Å²) in [4.78, 5) is 4.35. The van der Waals surface area contributed by atoms with Gasteiger partial charge in [0.2, 0.25) is 0 Å². The Bertz CT molecular complexity index is 507. The molecular weight excluding hydrogens is 228 g/mol. The van der Waals surface area contributed by atoms with E-state index in [-0.39, 0.29) is 5.54 Å². The number of benzene rings is 1. The van der Waals surface area contributed by atoms with Crippen molar-refractivity contribution in [2.24, 2.45) is 5.73 Å². The summed E-state index contributed by atoms with van der Waals surface area (Å²) in [5.74, 6) is 0. The van der Waals surface area contributed by atoms with Crippen molar-refractivity contribution >= 4 is 11.3 Å². The maximum absolute atomic E-state index is 6.53. The summed E-state index contributed by atoms with van der Waals surface area (Å²) in [6.07, 6.45) is 5.89. The largest absolute Gasteiger partial charge is 0.324 e. The maximum atomic E-state index is 6.53. The smallest absolute Gasteiger partial charge is 0.0943 e. The van der Waals surface area contributed by atoms with Crippen LogP contribution in [0.1, 0.15) is 22.6 Å². The van der Waals surface area contributed by atoms with Gasteiger partial charge in [-0.3, -0.25) is 0 Å². The van der Waals surface area contributed by atoms with Crippen molar-refractivity contribution in [3.63, 3.8) is 0 Å². The molecular formula is C14H16N2S. The predicted molar refractivity (Wildman–Crippen MR) is 71.2 cm³/mol. The highest BCUT2D eigenvalue weighted by Crippen LogP contribution is 2.29. The van der Waals surface area contributed by atoms with Crippen LogP contribution in [0.25, 0.3) is 0 Å². The zero-order valence-corrected chi connectivity index (χ0v) is 10.5. The predicted octanol–water partition coefficient (Wildman–Crippen LogP) is 2.57. The minimum absolute atomic E-state index is 0.105. The summed E-state index contributed by atoms with van der Waals surface area (Å²) in [6.45, 7) is 0. The van der Waals surface area contributed by atoms with Crippen LogP contribution in [-0.2, 0) is 19.3 Å². The molecule has 0 aliphatic heterocycles. The molecule has 17 heavy (non-hydrogen) atoms. The fraction of sp³-hybridized carbons (Fsp3) is 0.357. The average Bonchev–Trinajstić information content (AvgIpc) is 2.81. The number of fused-ring (bicyclic) bond motifs is 1. The molecule has 0 bridgehead atoms. The minimum Gasteiger partial charge on any atom is -0.324 e. The molecule has 0 saturated heterocycles. The van der Waals surface area contributed by atoms with Gasteiger partial charge in [0.25, 0.3) is 0 Å². The van der Waals surface area contributed by atoms with Crippen LogP contribution in [0.4, 0.5) is 0 Å². The second-order valence-electron chi connectivity index (χ2n) is 4.91. The van der Waals surface area contributed by atoms with Gasteiger partial charge >= 0.3 is 0 Å². The number of hydrogen-bond donors (Lipinski definition) is 1. The van der Waals surface area contributed by atoms with Crippen LogP contribution >= 0.6 is 11.3 Å². The van der Waals surface area contributed by atoms with E-state index in [1.807, 2.05) is 11.6 Å². The molecule has 1 aliphatic rings. The van der Waals surface area contributed by atoms with Gasteiger partial charge in [0.05, 0.1) is 5.01 Å². The van der Waals surface area contributed by atoms with Gasteiger partial charge in [0.15, 0.2) is 0 Å². The lowest BCUT2D eigenvalue weighted by Crippen LogP contribution is -2.47. The van der Waals surface area contributed by atoms with Crippen LogP contribution in [0.15, 0.2) is 35.8 Å². The molecule has 2 aromatic rings. The Hall–Kier alpha value is -1.19. The van der Waals surface area contributed by atoms with E-state index >= 15 is 0 Å². The topological polar surface area (TPSA) is 38.9 Å². The molecule has 2 N–H and O–H groups in total. The van der Waals surface area contributed by atoms with Gasteiger partial charge < -0.3 is 5.73 Å². The molecule has 1 aromatic carbocycles. The lowest BCUT2D eigenvalue weighted by molar-refractivity contribution is 0.369. The van der Waals surface area contributed by atoms with Gasteiger partial charge in [-0.2, -0.15) is 0 Å². The summed E-state index contributed by atoms with van der Waals surface area (Å²) >= 11 is 1.71. The SMILES string of the molecule is NC1(Cc2nccs2)CCc2ccccc2C1. The number of hydrogen-bond acceptors (Lipinski definition) is 3. The summed E-state index contributed by atoms with van der Waals surface area (Å²) < 4.78 is 0. The van der Waals surface area contributed by atoms with Gasteiger partial charge in [0.1, 0.15) is 0 Å². The molecule has 0 saturated carbocycles. The van der Waals surface area contributed by atoms with E-state index in [4.69, 9.17) is 5.73 Å². The molecule has 1 aliphatic carbocycles. The van der Waals surface area contributed by atoms with Crippen molar-refractivity contribution in [2.75, 3.05) is 0 Å². The van der Waals surface area contributed by atoms with Crippen molar-refractivity contribution < 1.29 is 0 Å². The highest BCUT2D eigenvalue weighted by Gasteiger charge is 2.31. The van der Waals surface area contributed by atoms with Gasteiger partial charge in [-0.15, -0.1) is 11.3 Å². The molecule has 1 atom stereocenters. The Morgan fingerprint density at radius 2 is 2.12 bits per heavy atom. The highest BCUT2D eigenvalue weighted by atomic mass is 32.1. The standard InChI is InChI=1S/C14H16N2S/c15-14(10-13-16-7-8-17-13)6-5-11-3-1-2-4-12(11)9-14/h1-4,7-8H,5-6,9-10,15H2. The van der Waals surface area contributed by atoms with Gasteiger partial charge in [-0.1, -0.05) is 24.3 Å². The zero-order valence-electron chi connectivity index (χ0n) is 9.73. The Labute approximate surface area is 106 Å². The molecule has 3 rings (SSSR count). The highest BCUT2D eigenvalue weighted by molar-refractivity contribution is 7.09. The van der Waals surface area contributed by atoms with Crippen LogP contribution in [-0.4, -0.2) is 10.5 Å². The third-order valence-electron chi connectivity index (χ3n) is 3.54. The van der Waals surface area contributed by atoms with Crippen LogP contribution in [0.3, 0.4) is 0 Å². The van der Waals surface area contributed by atoms with Crippen molar-refractivity contribution in [3.05, 3.63) is 52.0 Å². The van der Waals surface area contributed by atoms with E-state index in [9.17, 15) is 0 Å². The lowest BCUT2D eigenvalue weighted by Gasteiger charge is -2.34. The van der Waals surface area contributed by atoms with Crippen molar-refractivity contribution in [3.8, 4) is 0 Å². The summed E-state index contributed by atoms with van der Waals surface area (Å²) in [7, 11) is 0. The van der Waals surface area contributed by atoms with E-state index in [1.54, 1.807) is 11.3 Å². The summed E-state index contributed by atoms with van der Waals surface area (Å²) in [5.41, 5.74) is 9.31. The van der Waals surface area contributed by atoms with Gasteiger partial charge in [-0.05, 0) is 30.4 Å². The number of aromatic nitrogens is 1. The third kappa shape index (κ3) is 2.26. The molecule has 2 nitrogen and oxygen atoms in total. The van der Waals surface area contributed by atoms with E-state index < -0.39 is 0 Å². The molecule has 1 unspecified atom stereocenters. The van der Waals surface area contributed by atoms with E-state index in [0.717, 1.165) is 30.7 Å². The first kappa shape index (κ1) is 10.9. The van der Waals surface area contributed by atoms with Crippen LogP contribution < -0.4 is 5.73 Å². The Balaban J connectivity index is 1.82. The quantitative estimate of drug-likeness (QED) is 0.882. The summed E-state index contributed by atoms with van der Waals surface area (Å²) in [5, 5.41) is 3.18. The normalized spacial score (nSPS) is 23.4. The fourth-order valence-electron chi connectivity index (χ4n) is 2.62. The number of aryl methyl sites for hydroxylation is 1. The molecule has 1 heterocycles. The number of nitrogens with two attached hydrogens (primary N) is 1. The fourth-order valence-corrected chi connectivity index (χ4v) is 3.39. The molecule has 0 spiro atoms. The average molecular weight is 244 g/mol. The molecule has 1 aromatic heterocycles. The number of nitrogens with zero attached hydrogens (tertiary/aromatic N) is 1.